The zero-order chi connectivity index (χ0) is 14.3. The van der Waals surface area contributed by atoms with E-state index >= 15 is 0 Å². The molecule has 0 saturated carbocycles. The molecule has 1 aromatic heterocycles. The van der Waals surface area contributed by atoms with E-state index in [2.05, 4.69) is 43.1 Å². The predicted octanol–water partition coefficient (Wildman–Crippen LogP) is 1.82. The summed E-state index contributed by atoms with van der Waals surface area (Å²) in [5.41, 5.74) is 0. The quantitative estimate of drug-likeness (QED) is 0.717. The highest BCUT2D eigenvalue weighted by Gasteiger charge is 2.15. The van der Waals surface area contributed by atoms with Gasteiger partial charge in [-0.05, 0) is 11.8 Å². The van der Waals surface area contributed by atoms with Gasteiger partial charge in [0, 0.05) is 13.1 Å². The molecule has 1 atom stereocenters. The molecule has 0 saturated heterocycles. The van der Waals surface area contributed by atoms with Crippen LogP contribution in [0.4, 0.5) is 0 Å². The van der Waals surface area contributed by atoms with Gasteiger partial charge < -0.3 is 10.4 Å². The number of hydrogen-bond acceptors (Lipinski definition) is 4. The van der Waals surface area contributed by atoms with Crippen molar-refractivity contribution < 1.29 is 5.11 Å². The zero-order valence-electron chi connectivity index (χ0n) is 12.6. The van der Waals surface area contributed by atoms with Crippen LogP contribution in [0, 0.1) is 11.8 Å². The summed E-state index contributed by atoms with van der Waals surface area (Å²) in [5.74, 6) is 1.86. The molecule has 5 nitrogen and oxygen atoms in total. The van der Waals surface area contributed by atoms with E-state index in [-0.39, 0.29) is 6.10 Å². The predicted molar refractivity (Wildman–Crippen MR) is 76.6 cm³/mol. The summed E-state index contributed by atoms with van der Waals surface area (Å²) in [6, 6.07) is 0. The fraction of sp³-hybridized carbons (Fsp3) is 0.857. The van der Waals surface area contributed by atoms with E-state index in [0.717, 1.165) is 25.2 Å². The first-order valence-corrected chi connectivity index (χ1v) is 7.33. The average molecular weight is 268 g/mol. The fourth-order valence-electron chi connectivity index (χ4n) is 2.25. The van der Waals surface area contributed by atoms with Gasteiger partial charge in [0.1, 0.15) is 12.2 Å². The molecule has 0 spiro atoms. The Morgan fingerprint density at radius 2 is 2.00 bits per heavy atom. The van der Waals surface area contributed by atoms with Crippen LogP contribution in [0.3, 0.4) is 0 Å². The van der Waals surface area contributed by atoms with Crippen LogP contribution in [0.15, 0.2) is 6.33 Å². The molecule has 1 heterocycles. The number of nitrogens with one attached hydrogen (secondary N) is 1. The maximum atomic E-state index is 10.0. The molecule has 5 heteroatoms. The lowest BCUT2D eigenvalue weighted by atomic mass is 9.97. The van der Waals surface area contributed by atoms with Crippen LogP contribution in [-0.4, -0.2) is 32.5 Å². The van der Waals surface area contributed by atoms with E-state index < -0.39 is 0 Å². The number of nitrogens with zero attached hydrogens (tertiary/aromatic N) is 3. The second-order valence-electron chi connectivity index (χ2n) is 5.53. The maximum Gasteiger partial charge on any atom is 0.140 e. The second kappa shape index (κ2) is 8.27. The van der Waals surface area contributed by atoms with Crippen molar-refractivity contribution in [2.24, 2.45) is 11.8 Å². The van der Waals surface area contributed by atoms with Crippen LogP contribution in [0.25, 0.3) is 0 Å². The highest BCUT2D eigenvalue weighted by molar-refractivity contribution is 4.84. The van der Waals surface area contributed by atoms with Gasteiger partial charge in [-0.1, -0.05) is 40.5 Å². The number of hydrogen-bond donors (Lipinski definition) is 2. The van der Waals surface area contributed by atoms with Gasteiger partial charge in [-0.2, -0.15) is 5.10 Å². The van der Waals surface area contributed by atoms with Crippen LogP contribution in [0.1, 0.15) is 46.4 Å². The normalized spacial score (nSPS) is 13.4. The van der Waals surface area contributed by atoms with E-state index in [1.807, 2.05) is 4.68 Å². The highest BCUT2D eigenvalue weighted by Crippen LogP contribution is 2.12. The molecule has 0 fully saturated rings. The Hall–Kier alpha value is -0.940. The number of aromatic nitrogens is 3. The summed E-state index contributed by atoms with van der Waals surface area (Å²) in [4.78, 5) is 4.26. The maximum absolute atomic E-state index is 10.0. The van der Waals surface area contributed by atoms with Crippen molar-refractivity contribution in [2.45, 2.75) is 59.7 Å². The van der Waals surface area contributed by atoms with Gasteiger partial charge in [0.2, 0.25) is 0 Å². The Kier molecular flexibility index (Phi) is 7.02. The summed E-state index contributed by atoms with van der Waals surface area (Å²) in [7, 11) is 0. The van der Waals surface area contributed by atoms with Crippen molar-refractivity contribution in [1.82, 2.24) is 20.1 Å². The fourth-order valence-corrected chi connectivity index (χ4v) is 2.25. The van der Waals surface area contributed by atoms with Crippen molar-refractivity contribution in [3.05, 3.63) is 12.2 Å². The molecule has 1 rings (SSSR count). The van der Waals surface area contributed by atoms with Gasteiger partial charge in [-0.15, -0.1) is 0 Å². The molecule has 0 aliphatic heterocycles. The zero-order valence-corrected chi connectivity index (χ0v) is 12.6. The third-order valence-corrected chi connectivity index (χ3v) is 3.46. The minimum atomic E-state index is -0.281. The first-order chi connectivity index (χ1) is 9.08. The Bertz CT molecular complexity index is 347. The average Bonchev–Trinajstić information content (AvgIpc) is 2.77. The Labute approximate surface area is 116 Å². The molecule has 1 aromatic rings. The summed E-state index contributed by atoms with van der Waals surface area (Å²) < 4.78 is 1.93. The number of aliphatic hydroxyl groups excluding tert-OH is 1. The summed E-state index contributed by atoms with van der Waals surface area (Å²) in [5, 5.41) is 17.5. The molecule has 2 N–H and O–H groups in total. The van der Waals surface area contributed by atoms with Gasteiger partial charge in [-0.25, -0.2) is 9.67 Å². The first kappa shape index (κ1) is 16.1. The Morgan fingerprint density at radius 1 is 1.32 bits per heavy atom. The van der Waals surface area contributed by atoms with E-state index in [9.17, 15) is 5.11 Å². The lowest BCUT2D eigenvalue weighted by molar-refractivity contribution is 0.101. The Balaban J connectivity index is 2.38. The van der Waals surface area contributed by atoms with E-state index in [0.29, 0.717) is 24.9 Å². The molecule has 0 aliphatic carbocycles. The first-order valence-electron chi connectivity index (χ1n) is 7.33. The molecule has 1 unspecified atom stereocenters. The largest absolute Gasteiger partial charge is 0.392 e. The third-order valence-electron chi connectivity index (χ3n) is 3.46. The molecule has 0 amide bonds. The topological polar surface area (TPSA) is 63.0 Å². The molecular weight excluding hydrogens is 240 g/mol. The highest BCUT2D eigenvalue weighted by atomic mass is 16.3. The van der Waals surface area contributed by atoms with Crippen LogP contribution in [0.5, 0.6) is 0 Å². The van der Waals surface area contributed by atoms with Crippen molar-refractivity contribution in [3.8, 4) is 0 Å². The molecule has 0 bridgehead atoms. The van der Waals surface area contributed by atoms with E-state index in [1.165, 1.54) is 0 Å². The smallest absolute Gasteiger partial charge is 0.140 e. The van der Waals surface area contributed by atoms with Gasteiger partial charge in [0.05, 0.1) is 12.6 Å². The van der Waals surface area contributed by atoms with Crippen molar-refractivity contribution in [3.63, 3.8) is 0 Å². The molecular formula is C14H28N4O. The summed E-state index contributed by atoms with van der Waals surface area (Å²) >= 11 is 0. The van der Waals surface area contributed by atoms with Gasteiger partial charge in [0.25, 0.3) is 0 Å². The lowest BCUT2D eigenvalue weighted by Crippen LogP contribution is -2.33. The summed E-state index contributed by atoms with van der Waals surface area (Å²) in [6.45, 7) is 10.7. The minimum absolute atomic E-state index is 0.281. The summed E-state index contributed by atoms with van der Waals surface area (Å²) in [6.07, 6.45) is 3.35. The van der Waals surface area contributed by atoms with Gasteiger partial charge in [0.15, 0.2) is 0 Å². The van der Waals surface area contributed by atoms with Crippen LogP contribution in [0.2, 0.25) is 0 Å². The molecule has 110 valence electrons. The van der Waals surface area contributed by atoms with Crippen molar-refractivity contribution in [2.75, 3.05) is 6.54 Å². The van der Waals surface area contributed by atoms with Crippen LogP contribution < -0.4 is 5.32 Å². The second-order valence-corrected chi connectivity index (χ2v) is 5.53. The molecule has 0 radical (unpaired) electrons. The Morgan fingerprint density at radius 3 is 2.58 bits per heavy atom. The van der Waals surface area contributed by atoms with Crippen LogP contribution in [-0.2, 0) is 13.1 Å². The van der Waals surface area contributed by atoms with Crippen molar-refractivity contribution in [1.29, 1.82) is 0 Å². The van der Waals surface area contributed by atoms with E-state index in [4.69, 9.17) is 0 Å². The van der Waals surface area contributed by atoms with Crippen molar-refractivity contribution >= 4 is 0 Å². The SMILES string of the molecule is CCC(CC)C(O)CNCc1ncnn1CC(C)C. The molecule has 19 heavy (non-hydrogen) atoms. The minimum Gasteiger partial charge on any atom is -0.392 e. The van der Waals surface area contributed by atoms with Gasteiger partial charge in [-0.3, -0.25) is 0 Å². The van der Waals surface area contributed by atoms with E-state index in [1.54, 1.807) is 6.33 Å². The molecule has 0 aromatic carbocycles. The number of aliphatic hydroxyl groups is 1. The molecule has 0 aliphatic rings. The number of rotatable bonds is 9. The third kappa shape index (κ3) is 5.28. The lowest BCUT2D eigenvalue weighted by Gasteiger charge is -2.20. The van der Waals surface area contributed by atoms with Gasteiger partial charge >= 0.3 is 0 Å². The standard InChI is InChI=1S/C14H28N4O/c1-5-12(6-2)13(19)7-15-8-14-16-10-17-18(14)9-11(3)4/h10-13,15,19H,5-9H2,1-4H3. The van der Waals surface area contributed by atoms with Crippen LogP contribution >= 0.6 is 0 Å². The monoisotopic (exact) mass is 268 g/mol.